The summed E-state index contributed by atoms with van der Waals surface area (Å²) >= 11 is 0. The van der Waals surface area contributed by atoms with Crippen LogP contribution in [0.5, 0.6) is 0 Å². The van der Waals surface area contributed by atoms with E-state index in [-0.39, 0.29) is 91.0 Å². The van der Waals surface area contributed by atoms with E-state index in [9.17, 15) is 28.8 Å². The van der Waals surface area contributed by atoms with Crippen LogP contribution >= 0.6 is 0 Å². The molecule has 0 aliphatic heterocycles. The fraction of sp³-hybridized carbons (Fsp3) is 0.765. The van der Waals surface area contributed by atoms with Gasteiger partial charge in [-0.05, 0) is 186 Å². The van der Waals surface area contributed by atoms with E-state index in [0.717, 1.165) is 74.5 Å². The average molecular weight is 865 g/mol. The van der Waals surface area contributed by atoms with Crippen molar-refractivity contribution in [1.29, 1.82) is 0 Å². The highest BCUT2D eigenvalue weighted by molar-refractivity contribution is 5.98. The smallest absolute Gasteiger partial charge is 0.232 e. The van der Waals surface area contributed by atoms with Gasteiger partial charge in [-0.2, -0.15) is 0 Å². The SMILES string of the molecule is CN(C(=O)CC(=O)NCc1cc(CNC(=O)CC(=O)N(C)C23CC4CC(CC(C4)C2)C3)cc(CNC(=O)CC(=O)N(C)C23CC4CC(CC(C4)C2)C3)c1)C12CC3CC(CC(C3)C1)C2. The van der Waals surface area contributed by atoms with E-state index in [4.69, 9.17) is 0 Å². The van der Waals surface area contributed by atoms with Crippen LogP contribution in [0.3, 0.4) is 0 Å². The van der Waals surface area contributed by atoms with Gasteiger partial charge in [0.1, 0.15) is 19.3 Å². The Hall–Kier alpha value is -3.96. The second kappa shape index (κ2) is 16.5. The first kappa shape index (κ1) is 43.0. The second-order valence-electron chi connectivity index (χ2n) is 23.3. The van der Waals surface area contributed by atoms with E-state index in [1.54, 1.807) is 0 Å². The summed E-state index contributed by atoms with van der Waals surface area (Å²) < 4.78 is 0. The first-order valence-corrected chi connectivity index (χ1v) is 24.8. The summed E-state index contributed by atoms with van der Waals surface area (Å²) in [7, 11) is 5.68. The van der Waals surface area contributed by atoms with E-state index in [2.05, 4.69) is 16.0 Å². The van der Waals surface area contributed by atoms with Gasteiger partial charge in [0.25, 0.3) is 0 Å². The van der Waals surface area contributed by atoms with Gasteiger partial charge in [-0.25, -0.2) is 0 Å². The van der Waals surface area contributed by atoms with Gasteiger partial charge in [0.05, 0.1) is 0 Å². The number of carbonyl (C=O) groups excluding carboxylic acids is 6. The lowest BCUT2D eigenvalue weighted by molar-refractivity contribution is -0.150. The third-order valence-corrected chi connectivity index (χ3v) is 18.8. The summed E-state index contributed by atoms with van der Waals surface area (Å²) in [6, 6.07) is 5.72. The van der Waals surface area contributed by atoms with Gasteiger partial charge in [0.15, 0.2) is 0 Å². The van der Waals surface area contributed by atoms with Crippen LogP contribution in [-0.4, -0.2) is 87.9 Å². The van der Waals surface area contributed by atoms with Crippen LogP contribution in [0, 0.1) is 53.3 Å². The number of nitrogens with one attached hydrogen (secondary N) is 3. The molecule has 1 aromatic rings. The average Bonchev–Trinajstić information content (AvgIpc) is 3.22. The lowest BCUT2D eigenvalue weighted by Gasteiger charge is -2.59. The van der Waals surface area contributed by atoms with Crippen molar-refractivity contribution in [3.8, 4) is 0 Å². The molecular formula is C51H72N6O6. The molecule has 1 aromatic carbocycles. The Morgan fingerprint density at radius 1 is 0.397 bits per heavy atom. The quantitative estimate of drug-likeness (QED) is 0.185. The van der Waals surface area contributed by atoms with Crippen molar-refractivity contribution in [3.05, 3.63) is 34.9 Å². The molecule has 0 unspecified atom stereocenters. The zero-order chi connectivity index (χ0) is 43.8. The molecule has 12 saturated carbocycles. The van der Waals surface area contributed by atoms with Gasteiger partial charge in [-0.15, -0.1) is 0 Å². The van der Waals surface area contributed by atoms with E-state index in [0.29, 0.717) is 53.3 Å². The molecule has 12 bridgehead atoms. The molecule has 63 heavy (non-hydrogen) atoms. The highest BCUT2D eigenvalue weighted by Gasteiger charge is 2.56. The molecule has 6 amide bonds. The molecule has 0 heterocycles. The molecule has 0 aromatic heterocycles. The summed E-state index contributed by atoms with van der Waals surface area (Å²) in [5, 5.41) is 8.90. The van der Waals surface area contributed by atoms with Crippen molar-refractivity contribution in [2.24, 2.45) is 53.3 Å². The fourth-order valence-corrected chi connectivity index (χ4v) is 16.9. The van der Waals surface area contributed by atoms with Gasteiger partial charge >= 0.3 is 0 Å². The van der Waals surface area contributed by atoms with Gasteiger partial charge < -0.3 is 30.7 Å². The summed E-state index contributed by atoms with van der Waals surface area (Å²) in [5.74, 6) is 4.80. The Kier molecular flexibility index (Phi) is 11.2. The monoisotopic (exact) mass is 865 g/mol. The minimum Gasteiger partial charge on any atom is -0.352 e. The molecule has 12 heteroatoms. The minimum atomic E-state index is -0.339. The number of nitrogens with zero attached hydrogens (tertiary/aromatic N) is 3. The number of hydrogen-bond donors (Lipinski definition) is 3. The Morgan fingerprint density at radius 3 is 0.778 bits per heavy atom. The number of hydrogen-bond acceptors (Lipinski definition) is 6. The highest BCUT2D eigenvalue weighted by Crippen LogP contribution is 2.60. The molecule has 3 N–H and O–H groups in total. The second-order valence-corrected chi connectivity index (χ2v) is 23.3. The van der Waals surface area contributed by atoms with Crippen LogP contribution in [0.4, 0.5) is 0 Å². The molecule has 12 fully saturated rings. The van der Waals surface area contributed by atoms with E-state index < -0.39 is 0 Å². The summed E-state index contributed by atoms with van der Waals surface area (Å²) in [6.07, 6.45) is 20.3. The van der Waals surface area contributed by atoms with Crippen molar-refractivity contribution in [2.75, 3.05) is 21.1 Å². The molecule has 13 rings (SSSR count). The maximum atomic E-state index is 13.6. The van der Waals surface area contributed by atoms with Gasteiger partial charge in [-0.3, -0.25) is 28.8 Å². The van der Waals surface area contributed by atoms with Crippen molar-refractivity contribution in [3.63, 3.8) is 0 Å². The zero-order valence-corrected chi connectivity index (χ0v) is 38.2. The van der Waals surface area contributed by atoms with Crippen molar-refractivity contribution in [2.45, 2.75) is 171 Å². The number of carbonyl (C=O) groups is 6. The predicted octanol–water partition coefficient (Wildman–Crippen LogP) is 5.99. The lowest BCUT2D eigenvalue weighted by Crippen LogP contribution is -2.60. The molecule has 12 nitrogen and oxygen atoms in total. The normalized spacial score (nSPS) is 37.1. The van der Waals surface area contributed by atoms with Gasteiger partial charge in [0.2, 0.25) is 35.4 Å². The molecule has 0 saturated heterocycles. The molecular weight excluding hydrogens is 793 g/mol. The van der Waals surface area contributed by atoms with Crippen LogP contribution in [0.1, 0.15) is 152 Å². The molecule has 12 aliphatic rings. The van der Waals surface area contributed by atoms with Crippen LogP contribution in [0.2, 0.25) is 0 Å². The molecule has 0 atom stereocenters. The fourth-order valence-electron chi connectivity index (χ4n) is 16.9. The van der Waals surface area contributed by atoms with Crippen LogP contribution < -0.4 is 16.0 Å². The van der Waals surface area contributed by atoms with Crippen LogP contribution in [0.15, 0.2) is 18.2 Å². The maximum Gasteiger partial charge on any atom is 0.232 e. The van der Waals surface area contributed by atoms with Gasteiger partial charge in [-0.1, -0.05) is 18.2 Å². The predicted molar refractivity (Wildman–Crippen MR) is 237 cm³/mol. The Morgan fingerprint density at radius 2 is 0.587 bits per heavy atom. The van der Waals surface area contributed by atoms with Gasteiger partial charge in [0, 0.05) is 57.4 Å². The van der Waals surface area contributed by atoms with E-state index in [1.807, 2.05) is 54.0 Å². The summed E-state index contributed by atoms with van der Waals surface area (Å²) in [4.78, 5) is 86.4. The lowest BCUT2D eigenvalue weighted by atomic mass is 9.52. The summed E-state index contributed by atoms with van der Waals surface area (Å²) in [5.41, 5.74) is 1.93. The summed E-state index contributed by atoms with van der Waals surface area (Å²) in [6.45, 7) is 0.496. The molecule has 0 radical (unpaired) electrons. The third-order valence-electron chi connectivity index (χ3n) is 18.8. The van der Waals surface area contributed by atoms with E-state index >= 15 is 0 Å². The minimum absolute atomic E-state index is 0.117. The molecule has 12 aliphatic carbocycles. The molecule has 0 spiro atoms. The standard InChI is InChI=1S/C51H72N6O6/c1-55(49-19-31-4-32(20-49)6-33(5-31)21-49)46(61)16-43(58)52-28-40-13-41(29-53-44(59)17-47(62)56(2)50-22-34-7-35(23-50)9-36(8-34)24-50)15-42(14-40)30-54-45(60)18-48(63)57(3)51-25-37-10-38(26-51)12-39(11-37)27-51/h13-15,31-39H,4-12,16-30H2,1-3H3,(H,52,58)(H,53,59)(H,54,60). The topological polar surface area (TPSA) is 148 Å². The van der Waals surface area contributed by atoms with E-state index in [1.165, 1.54) is 57.8 Å². The Bertz CT molecular complexity index is 1690. The number of benzene rings is 1. The zero-order valence-electron chi connectivity index (χ0n) is 38.2. The Labute approximate surface area is 374 Å². The van der Waals surface area contributed by atoms with Crippen molar-refractivity contribution < 1.29 is 28.8 Å². The molecule has 342 valence electrons. The Balaban J connectivity index is 0.764. The van der Waals surface area contributed by atoms with Crippen LogP contribution in [0.25, 0.3) is 0 Å². The number of amides is 6. The first-order chi connectivity index (χ1) is 30.1. The largest absolute Gasteiger partial charge is 0.352 e. The third kappa shape index (κ3) is 8.55. The van der Waals surface area contributed by atoms with Crippen LogP contribution in [-0.2, 0) is 48.4 Å². The first-order valence-electron chi connectivity index (χ1n) is 24.8. The maximum absolute atomic E-state index is 13.6. The van der Waals surface area contributed by atoms with Crippen molar-refractivity contribution >= 4 is 35.4 Å². The number of rotatable bonds is 15. The highest BCUT2D eigenvalue weighted by atomic mass is 16.2. The van der Waals surface area contributed by atoms with Crippen molar-refractivity contribution in [1.82, 2.24) is 30.7 Å².